The fraction of sp³-hybridized carbons (Fsp3) is 0.0588. The smallest absolute Gasteiger partial charge is 0.264 e. The topological polar surface area (TPSA) is 54.7 Å². The van der Waals surface area contributed by atoms with Gasteiger partial charge >= 0.3 is 0 Å². The summed E-state index contributed by atoms with van der Waals surface area (Å²) < 4.78 is 5.37. The van der Waals surface area contributed by atoms with Crippen LogP contribution in [0.2, 0.25) is 0 Å². The molecule has 4 heteroatoms. The molecule has 102 valence electrons. The van der Waals surface area contributed by atoms with Gasteiger partial charge in [0.15, 0.2) is 0 Å². The van der Waals surface area contributed by atoms with Crippen molar-refractivity contribution in [1.29, 1.82) is 0 Å². The molecule has 0 bridgehead atoms. The van der Waals surface area contributed by atoms with E-state index in [1.807, 2.05) is 18.2 Å². The van der Waals surface area contributed by atoms with Crippen molar-refractivity contribution in [2.75, 3.05) is 0 Å². The molecule has 0 saturated carbocycles. The number of rotatable bonds is 3. The number of nitrogens with zero attached hydrogens (tertiary/aromatic N) is 2. The van der Waals surface area contributed by atoms with Crippen molar-refractivity contribution in [3.8, 4) is 11.6 Å². The first kappa shape index (κ1) is 11.9. The predicted molar refractivity (Wildman–Crippen MR) is 80.8 cm³/mol. The molecule has 2 aromatic heterocycles. The minimum atomic E-state index is 0.525. The minimum absolute atomic E-state index is 0.525. The minimum Gasteiger partial charge on any atom is -0.422 e. The molecule has 2 heterocycles. The summed E-state index contributed by atoms with van der Waals surface area (Å²) in [5.74, 6) is 0.525. The van der Waals surface area contributed by atoms with Gasteiger partial charge in [0, 0.05) is 17.3 Å². The van der Waals surface area contributed by atoms with Crippen LogP contribution in [0.1, 0.15) is 11.1 Å². The third-order valence-electron chi connectivity index (χ3n) is 3.61. The van der Waals surface area contributed by atoms with Crippen LogP contribution < -0.4 is 0 Å². The standard InChI is InChI=1S/C17H13N3O/c1-2-6-12(7-3-1)10-14-13-8-4-5-9-15(13)19-16(14)17-20-18-11-21-17/h1-9,11,19H,10H2. The first-order chi connectivity index (χ1) is 10.4. The first-order valence-electron chi connectivity index (χ1n) is 6.82. The van der Waals surface area contributed by atoms with Crippen molar-refractivity contribution in [1.82, 2.24) is 15.2 Å². The molecule has 0 unspecified atom stereocenters. The highest BCUT2D eigenvalue weighted by Crippen LogP contribution is 2.30. The predicted octanol–water partition coefficient (Wildman–Crippen LogP) is 3.81. The Balaban J connectivity index is 1.91. The molecule has 1 N–H and O–H groups in total. The van der Waals surface area contributed by atoms with E-state index in [1.54, 1.807) is 0 Å². The molecule has 0 spiro atoms. The van der Waals surface area contributed by atoms with Crippen LogP contribution in [0.25, 0.3) is 22.5 Å². The van der Waals surface area contributed by atoms with Gasteiger partial charge in [-0.25, -0.2) is 0 Å². The summed E-state index contributed by atoms with van der Waals surface area (Å²) >= 11 is 0. The zero-order valence-corrected chi connectivity index (χ0v) is 11.3. The van der Waals surface area contributed by atoms with Crippen LogP contribution in [0.3, 0.4) is 0 Å². The molecule has 0 aliphatic rings. The van der Waals surface area contributed by atoms with E-state index in [9.17, 15) is 0 Å². The van der Waals surface area contributed by atoms with Gasteiger partial charge in [0.1, 0.15) is 5.69 Å². The van der Waals surface area contributed by atoms with Gasteiger partial charge in [0.05, 0.1) is 0 Å². The van der Waals surface area contributed by atoms with Gasteiger partial charge in [-0.05, 0) is 17.2 Å². The molecule has 4 aromatic rings. The lowest BCUT2D eigenvalue weighted by molar-refractivity contribution is 0.566. The van der Waals surface area contributed by atoms with Gasteiger partial charge < -0.3 is 9.40 Å². The number of hydrogen-bond donors (Lipinski definition) is 1. The fourth-order valence-electron chi connectivity index (χ4n) is 2.65. The Morgan fingerprint density at radius 1 is 0.952 bits per heavy atom. The highest BCUT2D eigenvalue weighted by Gasteiger charge is 2.16. The first-order valence-corrected chi connectivity index (χ1v) is 6.82. The third-order valence-corrected chi connectivity index (χ3v) is 3.61. The average Bonchev–Trinajstić information content (AvgIpc) is 3.16. The molecule has 0 aliphatic carbocycles. The van der Waals surface area contributed by atoms with Gasteiger partial charge in [-0.15, -0.1) is 10.2 Å². The van der Waals surface area contributed by atoms with Crippen LogP contribution in [0.15, 0.2) is 65.4 Å². The number of benzene rings is 2. The van der Waals surface area contributed by atoms with E-state index in [0.717, 1.165) is 17.6 Å². The Morgan fingerprint density at radius 2 is 1.76 bits per heavy atom. The second-order valence-corrected chi connectivity index (χ2v) is 4.93. The number of para-hydroxylation sites is 1. The van der Waals surface area contributed by atoms with E-state index in [0.29, 0.717) is 5.89 Å². The van der Waals surface area contributed by atoms with Crippen LogP contribution in [0.4, 0.5) is 0 Å². The lowest BCUT2D eigenvalue weighted by atomic mass is 10.0. The van der Waals surface area contributed by atoms with E-state index in [-0.39, 0.29) is 0 Å². The number of fused-ring (bicyclic) bond motifs is 1. The van der Waals surface area contributed by atoms with Crippen LogP contribution in [0, 0.1) is 0 Å². The van der Waals surface area contributed by atoms with Crippen LogP contribution in [0.5, 0.6) is 0 Å². The van der Waals surface area contributed by atoms with Crippen molar-refractivity contribution in [2.45, 2.75) is 6.42 Å². The number of aromatic nitrogens is 3. The van der Waals surface area contributed by atoms with E-state index in [2.05, 4.69) is 51.6 Å². The molecule has 4 rings (SSSR count). The van der Waals surface area contributed by atoms with Crippen molar-refractivity contribution >= 4 is 10.9 Å². The molecule has 21 heavy (non-hydrogen) atoms. The quantitative estimate of drug-likeness (QED) is 0.618. The van der Waals surface area contributed by atoms with Crippen LogP contribution in [-0.4, -0.2) is 15.2 Å². The van der Waals surface area contributed by atoms with Crippen molar-refractivity contribution in [3.05, 3.63) is 72.1 Å². The summed E-state index contributed by atoms with van der Waals surface area (Å²) in [5.41, 5.74) is 4.42. The molecule has 0 saturated heterocycles. The van der Waals surface area contributed by atoms with Gasteiger partial charge in [0.2, 0.25) is 6.39 Å². The molecule has 0 fully saturated rings. The van der Waals surface area contributed by atoms with Crippen molar-refractivity contribution in [2.24, 2.45) is 0 Å². The lowest BCUT2D eigenvalue weighted by Gasteiger charge is -2.02. The monoisotopic (exact) mass is 275 g/mol. The van der Waals surface area contributed by atoms with Crippen LogP contribution >= 0.6 is 0 Å². The highest BCUT2D eigenvalue weighted by atomic mass is 16.4. The lowest BCUT2D eigenvalue weighted by Crippen LogP contribution is -1.90. The maximum Gasteiger partial charge on any atom is 0.264 e. The van der Waals surface area contributed by atoms with E-state index < -0.39 is 0 Å². The van der Waals surface area contributed by atoms with Crippen molar-refractivity contribution in [3.63, 3.8) is 0 Å². The second kappa shape index (κ2) is 4.90. The summed E-state index contributed by atoms with van der Waals surface area (Å²) in [6.07, 6.45) is 2.18. The summed E-state index contributed by atoms with van der Waals surface area (Å²) in [7, 11) is 0. The molecule has 4 nitrogen and oxygen atoms in total. The average molecular weight is 275 g/mol. The second-order valence-electron chi connectivity index (χ2n) is 4.93. The van der Waals surface area contributed by atoms with Gasteiger partial charge in [-0.3, -0.25) is 0 Å². The molecule has 0 aliphatic heterocycles. The Kier molecular flexibility index (Phi) is 2.78. The summed E-state index contributed by atoms with van der Waals surface area (Å²) in [4.78, 5) is 3.39. The summed E-state index contributed by atoms with van der Waals surface area (Å²) in [5, 5.41) is 9.01. The highest BCUT2D eigenvalue weighted by molar-refractivity contribution is 5.89. The SMILES string of the molecule is c1ccc(Cc2c(-c3nnco3)[nH]c3ccccc23)cc1. The van der Waals surface area contributed by atoms with Gasteiger partial charge in [-0.2, -0.15) is 0 Å². The number of nitrogens with one attached hydrogen (secondary N) is 1. The number of H-pyrrole nitrogens is 1. The van der Waals surface area contributed by atoms with Crippen LogP contribution in [-0.2, 0) is 6.42 Å². The Bertz CT molecular complexity index is 864. The Morgan fingerprint density at radius 3 is 2.57 bits per heavy atom. The zero-order valence-electron chi connectivity index (χ0n) is 11.3. The van der Waals surface area contributed by atoms with E-state index in [4.69, 9.17) is 4.42 Å². The summed E-state index contributed by atoms with van der Waals surface area (Å²) in [6, 6.07) is 18.6. The normalized spacial score (nSPS) is 11.0. The Hall–Kier alpha value is -2.88. The van der Waals surface area contributed by atoms with E-state index >= 15 is 0 Å². The number of aromatic amines is 1. The molecular weight excluding hydrogens is 262 g/mol. The molecular formula is C17H13N3O. The summed E-state index contributed by atoms with van der Waals surface area (Å²) in [6.45, 7) is 0. The maximum absolute atomic E-state index is 5.37. The van der Waals surface area contributed by atoms with E-state index in [1.165, 1.54) is 22.9 Å². The van der Waals surface area contributed by atoms with Gasteiger partial charge in [-0.1, -0.05) is 48.5 Å². The molecule has 0 radical (unpaired) electrons. The van der Waals surface area contributed by atoms with Crippen molar-refractivity contribution < 1.29 is 4.42 Å². The molecule has 0 amide bonds. The fourth-order valence-corrected chi connectivity index (χ4v) is 2.65. The molecule has 2 aromatic carbocycles. The third kappa shape index (κ3) is 2.10. The zero-order chi connectivity index (χ0) is 14.1. The Labute approximate surface area is 121 Å². The molecule has 0 atom stereocenters. The largest absolute Gasteiger partial charge is 0.422 e. The van der Waals surface area contributed by atoms with Gasteiger partial charge in [0.25, 0.3) is 5.89 Å². The maximum atomic E-state index is 5.37. The number of hydrogen-bond acceptors (Lipinski definition) is 3.